The molecule has 1 spiro atoms. The first-order chi connectivity index (χ1) is 17.6. The average molecular weight is 522 g/mol. The highest BCUT2D eigenvalue weighted by Gasteiger charge is 2.46. The van der Waals surface area contributed by atoms with E-state index in [1.807, 2.05) is 19.9 Å². The van der Waals surface area contributed by atoms with Gasteiger partial charge in [0.25, 0.3) is 15.9 Å². The van der Waals surface area contributed by atoms with Crippen molar-refractivity contribution in [1.29, 1.82) is 0 Å². The number of nitrogens with one attached hydrogen (secondary N) is 1. The van der Waals surface area contributed by atoms with E-state index >= 15 is 0 Å². The van der Waals surface area contributed by atoms with Crippen molar-refractivity contribution in [3.8, 4) is 17.1 Å². The second-order valence-corrected chi connectivity index (χ2v) is 11.8. The lowest BCUT2D eigenvalue weighted by Crippen LogP contribution is -2.39. The minimum Gasteiger partial charge on any atom is -0.475 e. The van der Waals surface area contributed by atoms with Crippen LogP contribution in [0.5, 0.6) is 5.88 Å². The van der Waals surface area contributed by atoms with Crippen molar-refractivity contribution in [3.05, 3.63) is 59.9 Å². The summed E-state index contributed by atoms with van der Waals surface area (Å²) in [6, 6.07) is 11.7. The number of aryl methyl sites for hydroxylation is 1. The Morgan fingerprint density at radius 3 is 2.57 bits per heavy atom. The number of aromatic nitrogens is 3. The Labute approximate surface area is 217 Å². The molecule has 1 aliphatic heterocycles. The molecular formula is C27H31N5O4S. The van der Waals surface area contributed by atoms with E-state index in [1.54, 1.807) is 43.5 Å². The standard InChI is InChI=1S/C27H31N5O4S/c1-18(2)36-23-11-8-20(16-28-23)22-10-9-21(25(30-22)32-15-5-12-27(17-32)13-14-27)26(33)31-37(34,35)24-7-4-6-19(3)29-24/h4,6-11,16,18H,5,12-15,17H2,1-3H3,(H,31,33). The van der Waals surface area contributed by atoms with Crippen LogP contribution in [-0.2, 0) is 10.0 Å². The molecular weight excluding hydrogens is 490 g/mol. The number of carbonyl (C=O) groups is 1. The topological polar surface area (TPSA) is 114 Å². The number of ether oxygens (including phenoxy) is 1. The molecule has 2 fully saturated rings. The molecule has 0 bridgehead atoms. The van der Waals surface area contributed by atoms with E-state index in [-0.39, 0.29) is 22.1 Å². The highest BCUT2D eigenvalue weighted by molar-refractivity contribution is 7.90. The highest BCUT2D eigenvalue weighted by Crippen LogP contribution is 2.52. The molecule has 5 rings (SSSR count). The van der Waals surface area contributed by atoms with E-state index in [1.165, 1.54) is 25.3 Å². The normalized spacial score (nSPS) is 16.6. The van der Waals surface area contributed by atoms with Crippen molar-refractivity contribution >= 4 is 21.7 Å². The maximum absolute atomic E-state index is 13.3. The number of carbonyl (C=O) groups excluding carboxylic acids is 1. The van der Waals surface area contributed by atoms with Crippen LogP contribution in [-0.4, -0.2) is 48.5 Å². The van der Waals surface area contributed by atoms with E-state index in [2.05, 4.69) is 19.6 Å². The van der Waals surface area contributed by atoms with Gasteiger partial charge in [0.1, 0.15) is 5.82 Å². The van der Waals surface area contributed by atoms with Crippen LogP contribution in [0.25, 0.3) is 11.3 Å². The summed E-state index contributed by atoms with van der Waals surface area (Å²) >= 11 is 0. The van der Waals surface area contributed by atoms with Crippen LogP contribution in [0.1, 0.15) is 55.6 Å². The summed E-state index contributed by atoms with van der Waals surface area (Å²) in [7, 11) is -4.15. The molecule has 3 aromatic heterocycles. The van der Waals surface area contributed by atoms with Crippen molar-refractivity contribution in [2.45, 2.75) is 57.6 Å². The summed E-state index contributed by atoms with van der Waals surface area (Å²) in [6.45, 7) is 7.13. The maximum atomic E-state index is 13.3. The van der Waals surface area contributed by atoms with Gasteiger partial charge in [-0.2, -0.15) is 8.42 Å². The number of amides is 1. The van der Waals surface area contributed by atoms with E-state index in [0.29, 0.717) is 23.1 Å². The minimum atomic E-state index is -4.15. The van der Waals surface area contributed by atoms with Crippen molar-refractivity contribution < 1.29 is 17.9 Å². The third kappa shape index (κ3) is 5.58. The first-order valence-corrected chi connectivity index (χ1v) is 14.0. The number of sulfonamides is 1. The quantitative estimate of drug-likeness (QED) is 0.494. The number of nitrogens with zero attached hydrogens (tertiary/aromatic N) is 4. The van der Waals surface area contributed by atoms with Crippen LogP contribution in [0.2, 0.25) is 0 Å². The molecule has 37 heavy (non-hydrogen) atoms. The SMILES string of the molecule is Cc1cccc(S(=O)(=O)NC(=O)c2ccc(-c3ccc(OC(C)C)nc3)nc2N2CCCC3(CC3)C2)n1. The van der Waals surface area contributed by atoms with Gasteiger partial charge in [0, 0.05) is 36.6 Å². The van der Waals surface area contributed by atoms with Gasteiger partial charge in [-0.1, -0.05) is 6.07 Å². The summed E-state index contributed by atoms with van der Waals surface area (Å²) < 4.78 is 33.7. The van der Waals surface area contributed by atoms with Gasteiger partial charge in [-0.3, -0.25) is 4.79 Å². The van der Waals surface area contributed by atoms with Crippen molar-refractivity contribution in [2.75, 3.05) is 18.0 Å². The Kier molecular flexibility index (Phi) is 6.61. The molecule has 3 aromatic rings. The van der Waals surface area contributed by atoms with Crippen LogP contribution in [0.3, 0.4) is 0 Å². The fraction of sp³-hybridized carbons (Fsp3) is 0.407. The Bertz CT molecular complexity index is 1420. The predicted molar refractivity (Wildman–Crippen MR) is 140 cm³/mol. The maximum Gasteiger partial charge on any atom is 0.281 e. The zero-order valence-electron chi connectivity index (χ0n) is 21.3. The Hall–Kier alpha value is -3.53. The molecule has 1 saturated heterocycles. The molecule has 1 aliphatic carbocycles. The van der Waals surface area contributed by atoms with Gasteiger partial charge in [-0.05, 0) is 82.2 Å². The fourth-order valence-electron chi connectivity index (χ4n) is 4.74. The summed E-state index contributed by atoms with van der Waals surface area (Å²) in [5, 5.41) is -0.198. The molecule has 9 nitrogen and oxygen atoms in total. The smallest absolute Gasteiger partial charge is 0.281 e. The number of anilines is 1. The van der Waals surface area contributed by atoms with E-state index in [9.17, 15) is 13.2 Å². The number of hydrogen-bond donors (Lipinski definition) is 1. The molecule has 4 heterocycles. The van der Waals surface area contributed by atoms with Crippen LogP contribution < -0.4 is 14.4 Å². The second-order valence-electron chi connectivity index (χ2n) is 10.2. The van der Waals surface area contributed by atoms with Gasteiger partial charge in [0.05, 0.1) is 17.4 Å². The Morgan fingerprint density at radius 1 is 1.08 bits per heavy atom. The van der Waals surface area contributed by atoms with Crippen LogP contribution in [0.4, 0.5) is 5.82 Å². The number of rotatable bonds is 7. The molecule has 0 atom stereocenters. The lowest BCUT2D eigenvalue weighted by molar-refractivity contribution is 0.0981. The summed E-state index contributed by atoms with van der Waals surface area (Å²) in [5.41, 5.74) is 2.46. The third-order valence-corrected chi connectivity index (χ3v) is 8.02. The zero-order chi connectivity index (χ0) is 26.2. The van der Waals surface area contributed by atoms with Crippen molar-refractivity contribution in [2.24, 2.45) is 5.41 Å². The minimum absolute atomic E-state index is 0.0148. The lowest BCUT2D eigenvalue weighted by atomic mass is 9.94. The van der Waals surface area contributed by atoms with Gasteiger partial charge in [0.2, 0.25) is 5.88 Å². The summed E-state index contributed by atoms with van der Waals surface area (Å²) in [5.74, 6) is 0.277. The molecule has 194 valence electrons. The molecule has 0 aromatic carbocycles. The van der Waals surface area contributed by atoms with E-state index in [4.69, 9.17) is 9.72 Å². The number of pyridine rings is 3. The number of hydrogen-bond acceptors (Lipinski definition) is 8. The second kappa shape index (κ2) is 9.74. The van der Waals surface area contributed by atoms with Gasteiger partial charge in [-0.15, -0.1) is 0 Å². The number of piperidine rings is 1. The third-order valence-electron chi connectivity index (χ3n) is 6.79. The zero-order valence-corrected chi connectivity index (χ0v) is 22.1. The largest absolute Gasteiger partial charge is 0.475 e. The molecule has 1 N–H and O–H groups in total. The van der Waals surface area contributed by atoms with Gasteiger partial charge in [0.15, 0.2) is 5.03 Å². The van der Waals surface area contributed by atoms with Crippen molar-refractivity contribution in [1.82, 2.24) is 19.7 Å². The van der Waals surface area contributed by atoms with Crippen molar-refractivity contribution in [3.63, 3.8) is 0 Å². The fourth-order valence-corrected chi connectivity index (χ4v) is 5.72. The predicted octanol–water partition coefficient (Wildman–Crippen LogP) is 4.13. The van der Waals surface area contributed by atoms with Gasteiger partial charge in [-0.25, -0.2) is 19.7 Å². The van der Waals surface area contributed by atoms with Crippen LogP contribution in [0, 0.1) is 12.3 Å². The van der Waals surface area contributed by atoms with Gasteiger partial charge >= 0.3 is 0 Å². The lowest BCUT2D eigenvalue weighted by Gasteiger charge is -2.35. The Balaban J connectivity index is 1.48. The molecule has 1 saturated carbocycles. The molecule has 1 amide bonds. The molecule has 0 unspecified atom stereocenters. The van der Waals surface area contributed by atoms with Crippen LogP contribution in [0.15, 0.2) is 53.7 Å². The van der Waals surface area contributed by atoms with Gasteiger partial charge < -0.3 is 9.64 Å². The first-order valence-electron chi connectivity index (χ1n) is 12.5. The van der Waals surface area contributed by atoms with E-state index in [0.717, 1.165) is 25.1 Å². The monoisotopic (exact) mass is 521 g/mol. The summed E-state index contributed by atoms with van der Waals surface area (Å²) in [4.78, 5) is 28.8. The molecule has 0 radical (unpaired) electrons. The molecule has 10 heteroatoms. The first kappa shape index (κ1) is 25.1. The highest BCUT2D eigenvalue weighted by atomic mass is 32.2. The molecule has 2 aliphatic rings. The Morgan fingerprint density at radius 2 is 1.89 bits per heavy atom. The van der Waals surface area contributed by atoms with E-state index < -0.39 is 15.9 Å². The van der Waals surface area contributed by atoms with Crippen LogP contribution >= 0.6 is 0 Å². The summed E-state index contributed by atoms with van der Waals surface area (Å²) in [6.07, 6.45) is 6.20. The average Bonchev–Trinajstić information content (AvgIpc) is 3.61.